The Kier molecular flexibility index (Phi) is 7.22. The molecule has 2 aromatic heterocycles. The van der Waals surface area contributed by atoms with Crippen molar-refractivity contribution in [2.75, 3.05) is 19.0 Å². The molecule has 160 valence electrons. The van der Waals surface area contributed by atoms with E-state index in [0.29, 0.717) is 29.5 Å². The monoisotopic (exact) mass is 452 g/mol. The van der Waals surface area contributed by atoms with Gasteiger partial charge in [0.25, 0.3) is 0 Å². The van der Waals surface area contributed by atoms with Crippen LogP contribution in [0.3, 0.4) is 0 Å². The molecule has 1 atom stereocenters. The number of hydrogen-bond donors (Lipinski definition) is 1. The van der Waals surface area contributed by atoms with Gasteiger partial charge in [-0.2, -0.15) is 0 Å². The predicted octanol–water partition coefficient (Wildman–Crippen LogP) is 4.67. The number of amides is 1. The summed E-state index contributed by atoms with van der Waals surface area (Å²) >= 11 is 2.58. The summed E-state index contributed by atoms with van der Waals surface area (Å²) in [5.74, 6) is -2.07. The molecule has 0 saturated heterocycles. The average molecular weight is 453 g/mol. The Bertz CT molecular complexity index is 1050. The van der Waals surface area contributed by atoms with Gasteiger partial charge in [-0.15, -0.1) is 11.3 Å². The molecule has 2 heterocycles. The fraction of sp³-hybridized carbons (Fsp3) is 0.350. The number of methoxy groups -OCH3 is 1. The maximum atomic E-state index is 13.4. The number of ether oxygens (including phenoxy) is 1. The van der Waals surface area contributed by atoms with Crippen molar-refractivity contribution in [3.63, 3.8) is 0 Å². The van der Waals surface area contributed by atoms with Crippen LogP contribution in [0.1, 0.15) is 18.3 Å². The zero-order chi connectivity index (χ0) is 21.8. The van der Waals surface area contributed by atoms with Crippen molar-refractivity contribution >= 4 is 34.1 Å². The molecule has 0 bridgehead atoms. The van der Waals surface area contributed by atoms with Crippen molar-refractivity contribution in [1.82, 2.24) is 14.5 Å². The molecule has 0 saturated carbocycles. The van der Waals surface area contributed by atoms with E-state index in [4.69, 9.17) is 4.74 Å². The van der Waals surface area contributed by atoms with Crippen LogP contribution in [0.2, 0.25) is 0 Å². The van der Waals surface area contributed by atoms with Crippen molar-refractivity contribution in [1.29, 1.82) is 0 Å². The van der Waals surface area contributed by atoms with Gasteiger partial charge in [-0.1, -0.05) is 11.8 Å². The first-order valence-corrected chi connectivity index (χ1v) is 11.0. The highest BCUT2D eigenvalue weighted by Gasteiger charge is 2.21. The van der Waals surface area contributed by atoms with E-state index in [2.05, 4.69) is 15.3 Å². The summed E-state index contributed by atoms with van der Waals surface area (Å²) in [7, 11) is 1.64. The third kappa shape index (κ3) is 5.05. The minimum Gasteiger partial charge on any atom is -0.383 e. The fourth-order valence-corrected chi connectivity index (χ4v) is 4.45. The third-order valence-electron chi connectivity index (χ3n) is 4.54. The molecule has 6 nitrogen and oxygen atoms in total. The maximum Gasteiger partial charge on any atom is 0.239 e. The van der Waals surface area contributed by atoms with Crippen molar-refractivity contribution in [3.8, 4) is 11.3 Å². The predicted molar refractivity (Wildman–Crippen MR) is 115 cm³/mol. The minimum atomic E-state index is -0.939. The molecular formula is C20H22F2N4O2S2. The number of thiazole rings is 1. The van der Waals surface area contributed by atoms with E-state index >= 15 is 0 Å². The number of thioether (sulfide) groups is 1. The molecular weight excluding hydrogens is 430 g/mol. The molecule has 0 spiro atoms. The van der Waals surface area contributed by atoms with Crippen molar-refractivity contribution in [2.45, 2.75) is 37.7 Å². The Morgan fingerprint density at radius 2 is 2.07 bits per heavy atom. The van der Waals surface area contributed by atoms with Gasteiger partial charge in [0.1, 0.15) is 0 Å². The second-order valence-electron chi connectivity index (χ2n) is 6.63. The van der Waals surface area contributed by atoms with E-state index < -0.39 is 16.9 Å². The van der Waals surface area contributed by atoms with Crippen LogP contribution in [-0.2, 0) is 16.1 Å². The molecule has 1 amide bonds. The zero-order valence-corrected chi connectivity index (χ0v) is 18.7. The number of carbonyl (C=O) groups is 1. The number of halogens is 2. The number of aromatic nitrogens is 3. The number of nitrogens with zero attached hydrogens (tertiary/aromatic N) is 3. The minimum absolute atomic E-state index is 0.220. The Balaban J connectivity index is 1.67. The van der Waals surface area contributed by atoms with Crippen LogP contribution in [0.4, 0.5) is 13.9 Å². The summed E-state index contributed by atoms with van der Waals surface area (Å²) in [5.41, 5.74) is 2.87. The van der Waals surface area contributed by atoms with Gasteiger partial charge in [0.05, 0.1) is 23.2 Å². The molecule has 1 N–H and O–H groups in total. The number of rotatable bonds is 8. The van der Waals surface area contributed by atoms with E-state index in [9.17, 15) is 13.6 Å². The first kappa shape index (κ1) is 22.4. The van der Waals surface area contributed by atoms with E-state index in [1.807, 2.05) is 18.4 Å². The lowest BCUT2D eigenvalue weighted by molar-refractivity contribution is -0.115. The molecule has 1 aromatic carbocycles. The van der Waals surface area contributed by atoms with Gasteiger partial charge in [0.15, 0.2) is 21.9 Å². The molecule has 1 unspecified atom stereocenters. The van der Waals surface area contributed by atoms with Crippen LogP contribution < -0.4 is 5.32 Å². The molecule has 30 heavy (non-hydrogen) atoms. The lowest BCUT2D eigenvalue weighted by Gasteiger charge is -2.13. The number of imidazole rings is 1. The van der Waals surface area contributed by atoms with Gasteiger partial charge in [0.2, 0.25) is 5.91 Å². The number of nitrogens with one attached hydrogen (secondary N) is 1. The van der Waals surface area contributed by atoms with Gasteiger partial charge in [-0.05, 0) is 39.0 Å². The van der Waals surface area contributed by atoms with Crippen LogP contribution in [0, 0.1) is 25.5 Å². The number of hydrogen-bond acceptors (Lipinski definition) is 6. The summed E-state index contributed by atoms with van der Waals surface area (Å²) in [6.45, 7) is 6.93. The Morgan fingerprint density at radius 1 is 1.30 bits per heavy atom. The summed E-state index contributed by atoms with van der Waals surface area (Å²) in [5, 5.41) is 5.20. The van der Waals surface area contributed by atoms with Gasteiger partial charge < -0.3 is 14.6 Å². The first-order chi connectivity index (χ1) is 14.3. The maximum absolute atomic E-state index is 13.4. The lowest BCUT2D eigenvalue weighted by atomic mass is 10.2. The Hall–Kier alpha value is -2.30. The molecule has 3 aromatic rings. The highest BCUT2D eigenvalue weighted by Crippen LogP contribution is 2.29. The van der Waals surface area contributed by atoms with Crippen molar-refractivity contribution < 1.29 is 18.3 Å². The second kappa shape index (κ2) is 9.67. The quantitative estimate of drug-likeness (QED) is 0.503. The van der Waals surface area contributed by atoms with Crippen LogP contribution in [-0.4, -0.2) is 39.4 Å². The topological polar surface area (TPSA) is 69.0 Å². The largest absolute Gasteiger partial charge is 0.383 e. The second-order valence-corrected chi connectivity index (χ2v) is 8.79. The number of anilines is 1. The molecule has 3 rings (SSSR count). The highest BCUT2D eigenvalue weighted by atomic mass is 32.2. The van der Waals surface area contributed by atoms with Crippen molar-refractivity contribution in [2.24, 2.45) is 0 Å². The summed E-state index contributed by atoms with van der Waals surface area (Å²) in [6.07, 6.45) is 0. The number of aryl methyl sites for hydroxylation is 1. The Morgan fingerprint density at radius 3 is 2.77 bits per heavy atom. The van der Waals surface area contributed by atoms with Gasteiger partial charge in [-0.3, -0.25) is 4.79 Å². The molecule has 10 heteroatoms. The number of carbonyl (C=O) groups excluding carboxylic acids is 1. The fourth-order valence-electron chi connectivity index (χ4n) is 2.70. The van der Waals surface area contributed by atoms with Crippen LogP contribution in [0.15, 0.2) is 28.7 Å². The SMILES string of the molecule is COCCn1c(SC(C)C(=O)Nc2nc(-c3ccc(F)c(F)c3)cs2)nc(C)c1C. The lowest BCUT2D eigenvalue weighted by Crippen LogP contribution is -2.23. The van der Waals surface area contributed by atoms with Gasteiger partial charge >= 0.3 is 0 Å². The molecule has 0 aliphatic carbocycles. The van der Waals surface area contributed by atoms with Crippen LogP contribution >= 0.6 is 23.1 Å². The summed E-state index contributed by atoms with van der Waals surface area (Å²) < 4.78 is 33.8. The van der Waals surface area contributed by atoms with Crippen molar-refractivity contribution in [3.05, 3.63) is 46.6 Å². The highest BCUT2D eigenvalue weighted by molar-refractivity contribution is 8.00. The van der Waals surface area contributed by atoms with E-state index in [1.165, 1.54) is 29.2 Å². The van der Waals surface area contributed by atoms with Crippen LogP contribution in [0.25, 0.3) is 11.3 Å². The summed E-state index contributed by atoms with van der Waals surface area (Å²) in [4.78, 5) is 21.5. The average Bonchev–Trinajstić information content (AvgIpc) is 3.27. The molecule has 0 aliphatic rings. The van der Waals surface area contributed by atoms with E-state index in [0.717, 1.165) is 28.7 Å². The zero-order valence-electron chi connectivity index (χ0n) is 17.0. The normalized spacial score (nSPS) is 12.2. The van der Waals surface area contributed by atoms with E-state index in [1.54, 1.807) is 19.4 Å². The first-order valence-electron chi connectivity index (χ1n) is 9.21. The van der Waals surface area contributed by atoms with E-state index in [-0.39, 0.29) is 5.91 Å². The van der Waals surface area contributed by atoms with Gasteiger partial charge in [-0.25, -0.2) is 18.7 Å². The molecule has 0 radical (unpaired) electrons. The summed E-state index contributed by atoms with van der Waals surface area (Å²) in [6, 6.07) is 3.58. The number of benzene rings is 1. The Labute approximate surface area is 181 Å². The molecule has 0 fully saturated rings. The molecule has 0 aliphatic heterocycles. The van der Waals surface area contributed by atoms with Crippen LogP contribution in [0.5, 0.6) is 0 Å². The standard InChI is InChI=1S/C20H22F2N4O2S2/c1-11-12(2)26(7-8-28-4)20(23-11)30-13(3)18(27)25-19-24-17(10-29-19)14-5-6-15(21)16(22)9-14/h5-6,9-10,13H,7-8H2,1-4H3,(H,24,25,27). The van der Waals surface area contributed by atoms with Gasteiger partial charge in [0, 0.05) is 30.3 Å². The third-order valence-corrected chi connectivity index (χ3v) is 6.39. The smallest absolute Gasteiger partial charge is 0.239 e.